The second kappa shape index (κ2) is 20.0. The molecule has 0 aliphatic heterocycles. The summed E-state index contributed by atoms with van der Waals surface area (Å²) < 4.78 is 5.73. The van der Waals surface area contributed by atoms with Crippen molar-refractivity contribution in [1.29, 1.82) is 0 Å². The number of aromatic hydroxyl groups is 1. The van der Waals surface area contributed by atoms with Crippen LogP contribution >= 0.6 is 0 Å². The topological polar surface area (TPSA) is 46.5 Å². The molecule has 2 aromatic rings. The second-order valence-electron chi connectivity index (χ2n) is 15.2. The third-order valence-electron chi connectivity index (χ3n) is 9.01. The molecular formula is C41H66O3. The van der Waals surface area contributed by atoms with Crippen LogP contribution in [0.4, 0.5) is 0 Å². The summed E-state index contributed by atoms with van der Waals surface area (Å²) in [6, 6.07) is 13.7. The van der Waals surface area contributed by atoms with Gasteiger partial charge in [0, 0.05) is 0 Å². The number of carbonyl (C=O) groups is 1. The van der Waals surface area contributed by atoms with Crippen molar-refractivity contribution >= 4 is 5.97 Å². The molecule has 248 valence electrons. The maximum Gasteiger partial charge on any atom is 0.311 e. The Balaban J connectivity index is 1.90. The fourth-order valence-corrected chi connectivity index (χ4v) is 6.22. The van der Waals surface area contributed by atoms with E-state index in [1.54, 1.807) is 0 Å². The number of ether oxygens (including phenoxy) is 1. The monoisotopic (exact) mass is 607 g/mol. The fraction of sp³-hybridized carbons (Fsp3) is 0.683. The molecular weight excluding hydrogens is 540 g/mol. The smallest absolute Gasteiger partial charge is 0.311 e. The molecule has 3 nitrogen and oxygen atoms in total. The Morgan fingerprint density at radius 1 is 0.659 bits per heavy atom. The molecule has 1 N–H and O–H groups in total. The van der Waals surface area contributed by atoms with E-state index in [1.165, 1.54) is 96.3 Å². The van der Waals surface area contributed by atoms with E-state index in [4.69, 9.17) is 4.74 Å². The Bertz CT molecular complexity index is 1020. The average Bonchev–Trinajstić information content (AvgIpc) is 2.95. The van der Waals surface area contributed by atoms with Gasteiger partial charge in [-0.3, -0.25) is 4.79 Å². The Kier molecular flexibility index (Phi) is 17.2. The summed E-state index contributed by atoms with van der Waals surface area (Å²) in [7, 11) is 0. The predicted octanol–water partition coefficient (Wildman–Crippen LogP) is 12.7. The van der Waals surface area contributed by atoms with Gasteiger partial charge in [-0.1, -0.05) is 182 Å². The number of para-hydroxylation sites is 1. The molecule has 2 aromatic carbocycles. The summed E-state index contributed by atoms with van der Waals surface area (Å²) in [5.41, 5.74) is 2.64. The number of unbranched alkanes of at least 4 members (excludes halogenated alkanes) is 15. The lowest BCUT2D eigenvalue weighted by atomic mass is 9.76. The highest BCUT2D eigenvalue weighted by Crippen LogP contribution is 2.42. The van der Waals surface area contributed by atoms with E-state index in [0.717, 1.165) is 29.5 Å². The Labute approximate surface area is 271 Å². The zero-order valence-electron chi connectivity index (χ0n) is 29.6. The minimum atomic E-state index is -0.205. The molecule has 44 heavy (non-hydrogen) atoms. The number of phenols is 1. The number of rotatable bonds is 21. The summed E-state index contributed by atoms with van der Waals surface area (Å²) in [4.78, 5) is 13.1. The second-order valence-corrected chi connectivity index (χ2v) is 15.2. The maximum atomic E-state index is 13.1. The predicted molar refractivity (Wildman–Crippen MR) is 189 cm³/mol. The molecule has 0 amide bonds. The summed E-state index contributed by atoms with van der Waals surface area (Å²) >= 11 is 0. The summed E-state index contributed by atoms with van der Waals surface area (Å²) in [6.07, 6.45) is 22.9. The van der Waals surface area contributed by atoms with Crippen LogP contribution in [0.15, 0.2) is 42.5 Å². The summed E-state index contributed by atoms with van der Waals surface area (Å²) in [6.45, 7) is 15.2. The number of hydrogen-bond donors (Lipinski definition) is 1. The van der Waals surface area contributed by atoms with Crippen LogP contribution in [-0.4, -0.2) is 11.1 Å². The van der Waals surface area contributed by atoms with E-state index in [1.807, 2.05) is 30.3 Å². The zero-order valence-corrected chi connectivity index (χ0v) is 29.6. The van der Waals surface area contributed by atoms with Crippen molar-refractivity contribution in [3.63, 3.8) is 0 Å². The third kappa shape index (κ3) is 14.7. The fourth-order valence-electron chi connectivity index (χ4n) is 6.22. The first-order chi connectivity index (χ1) is 20.9. The van der Waals surface area contributed by atoms with Gasteiger partial charge in [0.2, 0.25) is 0 Å². The third-order valence-corrected chi connectivity index (χ3v) is 9.01. The summed E-state index contributed by atoms with van der Waals surface area (Å²) in [5, 5.41) is 11.3. The molecule has 0 bridgehead atoms. The highest BCUT2D eigenvalue weighted by atomic mass is 16.5. The van der Waals surface area contributed by atoms with Crippen molar-refractivity contribution in [2.24, 2.45) is 0 Å². The van der Waals surface area contributed by atoms with E-state index < -0.39 is 0 Å². The average molecular weight is 607 g/mol. The van der Waals surface area contributed by atoms with Crippen LogP contribution in [0, 0.1) is 0 Å². The highest BCUT2D eigenvalue weighted by molar-refractivity contribution is 5.73. The molecule has 0 spiro atoms. The molecule has 0 saturated carbocycles. The Morgan fingerprint density at radius 3 is 1.48 bits per heavy atom. The summed E-state index contributed by atoms with van der Waals surface area (Å²) in [5.74, 6) is 0.845. The van der Waals surface area contributed by atoms with Crippen LogP contribution in [0.1, 0.15) is 187 Å². The van der Waals surface area contributed by atoms with Crippen molar-refractivity contribution in [2.45, 2.75) is 181 Å². The molecule has 1 atom stereocenters. The normalized spacial score (nSPS) is 12.8. The van der Waals surface area contributed by atoms with Gasteiger partial charge in [-0.25, -0.2) is 0 Å². The molecule has 0 heterocycles. The first-order valence-corrected chi connectivity index (χ1v) is 18.1. The minimum Gasteiger partial charge on any atom is -0.507 e. The lowest BCUT2D eigenvalue weighted by Crippen LogP contribution is -2.20. The standard InChI is InChI=1S/C41H66O3/c1-8-9-10-11-12-13-14-15-16-17-18-19-20-21-22-24-27-33(32-38(42)44-35-28-25-23-26-29-35)34-30-36(40(2,3)4)39(43)37(31-34)41(5,6)7/h23,25-26,28-31,33,43H,8-22,24,27,32H2,1-7H3. The van der Waals surface area contributed by atoms with Crippen molar-refractivity contribution in [1.82, 2.24) is 0 Å². The van der Waals surface area contributed by atoms with Gasteiger partial charge in [0.05, 0.1) is 6.42 Å². The molecule has 0 radical (unpaired) electrons. The van der Waals surface area contributed by atoms with Gasteiger partial charge in [-0.15, -0.1) is 0 Å². The number of carbonyl (C=O) groups excluding carboxylic acids is 1. The minimum absolute atomic E-state index is 0.0562. The van der Waals surface area contributed by atoms with Gasteiger partial charge in [0.25, 0.3) is 0 Å². The van der Waals surface area contributed by atoms with Crippen LogP contribution in [-0.2, 0) is 15.6 Å². The SMILES string of the molecule is CCCCCCCCCCCCCCCCCCC(CC(=O)Oc1ccccc1)c1cc(C(C)(C)C)c(O)c(C(C)(C)C)c1. The van der Waals surface area contributed by atoms with Gasteiger partial charge in [0.15, 0.2) is 0 Å². The highest BCUT2D eigenvalue weighted by Gasteiger charge is 2.29. The Hall–Kier alpha value is -2.29. The van der Waals surface area contributed by atoms with Crippen LogP contribution in [0.2, 0.25) is 0 Å². The number of phenolic OH excluding ortho intramolecular Hbond substituents is 1. The van der Waals surface area contributed by atoms with E-state index in [9.17, 15) is 9.90 Å². The van der Waals surface area contributed by atoms with Crippen LogP contribution in [0.25, 0.3) is 0 Å². The molecule has 0 saturated heterocycles. The molecule has 0 aromatic heterocycles. The first kappa shape index (κ1) is 37.9. The van der Waals surface area contributed by atoms with Gasteiger partial charge in [-0.05, 0) is 52.0 Å². The van der Waals surface area contributed by atoms with Gasteiger partial charge in [-0.2, -0.15) is 0 Å². The van der Waals surface area contributed by atoms with Crippen molar-refractivity contribution in [2.75, 3.05) is 0 Å². The number of hydrogen-bond acceptors (Lipinski definition) is 3. The molecule has 3 heteroatoms. The molecule has 1 unspecified atom stereocenters. The van der Waals surface area contributed by atoms with E-state index >= 15 is 0 Å². The molecule has 0 aliphatic rings. The van der Waals surface area contributed by atoms with Crippen molar-refractivity contribution < 1.29 is 14.6 Å². The lowest BCUT2D eigenvalue weighted by molar-refractivity contribution is -0.134. The quantitative estimate of drug-likeness (QED) is 0.0873. The lowest BCUT2D eigenvalue weighted by Gasteiger charge is -2.30. The van der Waals surface area contributed by atoms with E-state index in [-0.39, 0.29) is 22.7 Å². The molecule has 2 rings (SSSR count). The van der Waals surface area contributed by atoms with E-state index in [0.29, 0.717) is 17.9 Å². The van der Waals surface area contributed by atoms with Gasteiger partial charge >= 0.3 is 5.97 Å². The number of esters is 1. The largest absolute Gasteiger partial charge is 0.507 e. The van der Waals surface area contributed by atoms with Crippen molar-refractivity contribution in [3.05, 3.63) is 59.2 Å². The Morgan fingerprint density at radius 2 is 1.07 bits per heavy atom. The van der Waals surface area contributed by atoms with E-state index in [2.05, 4.69) is 60.6 Å². The van der Waals surface area contributed by atoms with Crippen LogP contribution < -0.4 is 4.74 Å². The number of benzene rings is 2. The zero-order chi connectivity index (χ0) is 32.4. The van der Waals surface area contributed by atoms with Crippen molar-refractivity contribution in [3.8, 4) is 11.5 Å². The van der Waals surface area contributed by atoms with Gasteiger partial charge in [0.1, 0.15) is 11.5 Å². The molecule has 0 fully saturated rings. The van der Waals surface area contributed by atoms with Crippen LogP contribution in [0.3, 0.4) is 0 Å². The molecule has 0 aliphatic carbocycles. The maximum absolute atomic E-state index is 13.1. The van der Waals surface area contributed by atoms with Crippen LogP contribution in [0.5, 0.6) is 11.5 Å². The first-order valence-electron chi connectivity index (χ1n) is 18.1. The van der Waals surface area contributed by atoms with Gasteiger partial charge < -0.3 is 9.84 Å².